The van der Waals surface area contributed by atoms with Crippen LogP contribution in [0.15, 0.2) is 24.3 Å². The van der Waals surface area contributed by atoms with Gasteiger partial charge in [-0.15, -0.1) is 0 Å². The molecule has 0 aliphatic heterocycles. The minimum Gasteiger partial charge on any atom is -0.491 e. The number of aliphatic hydroxyl groups is 1. The van der Waals surface area contributed by atoms with Crippen LogP contribution in [0.2, 0.25) is 0 Å². The van der Waals surface area contributed by atoms with Gasteiger partial charge in [-0.25, -0.2) is 0 Å². The Morgan fingerprint density at radius 3 is 2.75 bits per heavy atom. The molecule has 112 valence electrons. The number of ether oxygens (including phenoxy) is 1. The zero-order valence-corrected chi connectivity index (χ0v) is 12.3. The number of nitrogens with one attached hydrogen (secondary N) is 2. The molecule has 5 nitrogen and oxygen atoms in total. The van der Waals surface area contributed by atoms with Gasteiger partial charge in [-0.1, -0.05) is 18.2 Å². The van der Waals surface area contributed by atoms with Crippen LogP contribution in [-0.4, -0.2) is 42.9 Å². The number of likely N-dealkylation sites (N-methyl/N-ethyl adjacent to an activating group) is 1. The fourth-order valence-electron chi connectivity index (χ4n) is 1.70. The summed E-state index contributed by atoms with van der Waals surface area (Å²) in [6.07, 6.45) is -0.661. The summed E-state index contributed by atoms with van der Waals surface area (Å²) in [6, 6.07) is 7.32. The van der Waals surface area contributed by atoms with Crippen molar-refractivity contribution in [2.24, 2.45) is 0 Å². The first-order chi connectivity index (χ1) is 9.54. The van der Waals surface area contributed by atoms with Crippen molar-refractivity contribution in [2.45, 2.75) is 32.9 Å². The van der Waals surface area contributed by atoms with E-state index in [0.717, 1.165) is 11.3 Å². The summed E-state index contributed by atoms with van der Waals surface area (Å²) in [6.45, 7) is 6.69. The van der Waals surface area contributed by atoms with Gasteiger partial charge in [-0.3, -0.25) is 4.79 Å². The lowest BCUT2D eigenvalue weighted by molar-refractivity contribution is -0.122. The third-order valence-electron chi connectivity index (χ3n) is 2.93. The van der Waals surface area contributed by atoms with Crippen molar-refractivity contribution in [2.75, 3.05) is 19.7 Å². The SMILES string of the molecule is CCNC(=O)C(C)NCC(O)COc1ccccc1C. The van der Waals surface area contributed by atoms with E-state index in [1.54, 1.807) is 6.92 Å². The van der Waals surface area contributed by atoms with Gasteiger partial charge in [0, 0.05) is 13.1 Å². The third kappa shape index (κ3) is 5.59. The van der Waals surface area contributed by atoms with Gasteiger partial charge in [-0.2, -0.15) is 0 Å². The van der Waals surface area contributed by atoms with Crippen LogP contribution < -0.4 is 15.4 Å². The van der Waals surface area contributed by atoms with E-state index < -0.39 is 6.10 Å². The van der Waals surface area contributed by atoms with E-state index in [0.29, 0.717) is 13.1 Å². The molecular formula is C15H24N2O3. The quantitative estimate of drug-likeness (QED) is 0.660. The van der Waals surface area contributed by atoms with Crippen LogP contribution in [-0.2, 0) is 4.79 Å². The zero-order valence-electron chi connectivity index (χ0n) is 12.3. The Bertz CT molecular complexity index is 423. The van der Waals surface area contributed by atoms with Crippen LogP contribution in [0, 0.1) is 6.92 Å². The van der Waals surface area contributed by atoms with Crippen molar-refractivity contribution < 1.29 is 14.6 Å². The topological polar surface area (TPSA) is 70.6 Å². The van der Waals surface area contributed by atoms with E-state index in [9.17, 15) is 9.90 Å². The summed E-state index contributed by atoms with van der Waals surface area (Å²) in [7, 11) is 0. The predicted octanol–water partition coefficient (Wildman–Crippen LogP) is 0.849. The van der Waals surface area contributed by atoms with Crippen molar-refractivity contribution in [3.05, 3.63) is 29.8 Å². The molecule has 3 N–H and O–H groups in total. The van der Waals surface area contributed by atoms with Gasteiger partial charge in [0.1, 0.15) is 18.5 Å². The highest BCUT2D eigenvalue weighted by atomic mass is 16.5. The fourth-order valence-corrected chi connectivity index (χ4v) is 1.70. The summed E-state index contributed by atoms with van der Waals surface area (Å²) >= 11 is 0. The molecule has 5 heteroatoms. The maximum Gasteiger partial charge on any atom is 0.236 e. The number of hydrogen-bond donors (Lipinski definition) is 3. The first-order valence-corrected chi connectivity index (χ1v) is 6.92. The molecular weight excluding hydrogens is 256 g/mol. The highest BCUT2D eigenvalue weighted by Crippen LogP contribution is 2.16. The molecule has 0 saturated carbocycles. The summed E-state index contributed by atoms with van der Waals surface area (Å²) < 4.78 is 5.55. The van der Waals surface area contributed by atoms with Gasteiger partial charge >= 0.3 is 0 Å². The highest BCUT2D eigenvalue weighted by Gasteiger charge is 2.13. The van der Waals surface area contributed by atoms with Crippen molar-refractivity contribution in [1.29, 1.82) is 0 Å². The maximum atomic E-state index is 11.5. The van der Waals surface area contributed by atoms with Crippen molar-refractivity contribution >= 4 is 5.91 Å². The number of rotatable bonds is 8. The van der Waals surface area contributed by atoms with Gasteiger partial charge in [-0.05, 0) is 32.4 Å². The van der Waals surface area contributed by atoms with Gasteiger partial charge < -0.3 is 20.5 Å². The Hall–Kier alpha value is -1.59. The molecule has 1 aromatic rings. The van der Waals surface area contributed by atoms with Crippen LogP contribution in [0.1, 0.15) is 19.4 Å². The maximum absolute atomic E-state index is 11.5. The summed E-state index contributed by atoms with van der Waals surface area (Å²) in [4.78, 5) is 11.5. The Balaban J connectivity index is 2.29. The van der Waals surface area contributed by atoms with Crippen molar-refractivity contribution in [3.63, 3.8) is 0 Å². The Morgan fingerprint density at radius 2 is 2.10 bits per heavy atom. The Kier molecular flexibility index (Phi) is 7.04. The smallest absolute Gasteiger partial charge is 0.236 e. The molecule has 0 spiro atoms. The average Bonchev–Trinajstić information content (AvgIpc) is 2.44. The fraction of sp³-hybridized carbons (Fsp3) is 0.533. The van der Waals surface area contributed by atoms with Crippen molar-refractivity contribution in [3.8, 4) is 5.75 Å². The van der Waals surface area contributed by atoms with E-state index in [1.165, 1.54) is 0 Å². The van der Waals surface area contributed by atoms with E-state index in [4.69, 9.17) is 4.74 Å². The van der Waals surface area contributed by atoms with Gasteiger partial charge in [0.25, 0.3) is 0 Å². The number of carbonyl (C=O) groups excluding carboxylic acids is 1. The lowest BCUT2D eigenvalue weighted by atomic mass is 10.2. The second-order valence-corrected chi connectivity index (χ2v) is 4.75. The number of aryl methyl sites for hydroxylation is 1. The second-order valence-electron chi connectivity index (χ2n) is 4.75. The van der Waals surface area contributed by atoms with E-state index in [2.05, 4.69) is 10.6 Å². The van der Waals surface area contributed by atoms with E-state index in [1.807, 2.05) is 38.1 Å². The first kappa shape index (κ1) is 16.5. The van der Waals surface area contributed by atoms with Gasteiger partial charge in [0.2, 0.25) is 5.91 Å². The molecule has 0 heterocycles. The largest absolute Gasteiger partial charge is 0.491 e. The molecule has 0 saturated heterocycles. The molecule has 1 rings (SSSR count). The number of hydrogen-bond acceptors (Lipinski definition) is 4. The molecule has 0 radical (unpaired) electrons. The van der Waals surface area contributed by atoms with Crippen LogP contribution in [0.3, 0.4) is 0 Å². The molecule has 0 aliphatic rings. The predicted molar refractivity (Wildman–Crippen MR) is 78.8 cm³/mol. The average molecular weight is 280 g/mol. The third-order valence-corrected chi connectivity index (χ3v) is 2.93. The molecule has 2 atom stereocenters. The van der Waals surface area contributed by atoms with Crippen molar-refractivity contribution in [1.82, 2.24) is 10.6 Å². The van der Waals surface area contributed by atoms with Crippen LogP contribution >= 0.6 is 0 Å². The lowest BCUT2D eigenvalue weighted by Crippen LogP contribution is -2.45. The number of aliphatic hydroxyl groups excluding tert-OH is 1. The number of carbonyl (C=O) groups is 1. The molecule has 0 aliphatic carbocycles. The Labute approximate surface area is 120 Å². The van der Waals surface area contributed by atoms with E-state index in [-0.39, 0.29) is 18.6 Å². The highest BCUT2D eigenvalue weighted by molar-refractivity contribution is 5.81. The first-order valence-electron chi connectivity index (χ1n) is 6.92. The number of amides is 1. The molecule has 2 unspecified atom stereocenters. The monoisotopic (exact) mass is 280 g/mol. The molecule has 1 amide bonds. The minimum absolute atomic E-state index is 0.0699. The molecule has 0 fully saturated rings. The molecule has 0 aromatic heterocycles. The van der Waals surface area contributed by atoms with E-state index >= 15 is 0 Å². The molecule has 0 bridgehead atoms. The number of para-hydroxylation sites is 1. The summed E-state index contributed by atoms with van der Waals surface area (Å²) in [5, 5.41) is 15.5. The standard InChI is InChI=1S/C15H24N2O3/c1-4-16-15(19)12(3)17-9-13(18)10-20-14-8-6-5-7-11(14)2/h5-8,12-13,17-18H,4,9-10H2,1-3H3,(H,16,19). The Morgan fingerprint density at radius 1 is 1.40 bits per heavy atom. The molecule has 1 aromatic carbocycles. The molecule has 20 heavy (non-hydrogen) atoms. The second kappa shape index (κ2) is 8.55. The van der Waals surface area contributed by atoms with Gasteiger partial charge in [0.05, 0.1) is 6.04 Å². The lowest BCUT2D eigenvalue weighted by Gasteiger charge is -2.17. The summed E-state index contributed by atoms with van der Waals surface area (Å²) in [5.74, 6) is 0.697. The van der Waals surface area contributed by atoms with Gasteiger partial charge in [0.15, 0.2) is 0 Å². The zero-order chi connectivity index (χ0) is 15.0. The normalized spacial score (nSPS) is 13.6. The minimum atomic E-state index is -0.661. The van der Waals surface area contributed by atoms with Crippen LogP contribution in [0.5, 0.6) is 5.75 Å². The van der Waals surface area contributed by atoms with Crippen LogP contribution in [0.4, 0.5) is 0 Å². The van der Waals surface area contributed by atoms with Crippen LogP contribution in [0.25, 0.3) is 0 Å². The summed E-state index contributed by atoms with van der Waals surface area (Å²) in [5.41, 5.74) is 1.03. The number of benzene rings is 1.